The summed E-state index contributed by atoms with van der Waals surface area (Å²) in [6.07, 6.45) is 2.38. The van der Waals surface area contributed by atoms with Gasteiger partial charge in [-0.1, -0.05) is 19.9 Å². The van der Waals surface area contributed by atoms with Gasteiger partial charge in [-0.05, 0) is 54.4 Å². The molecular formula is C35H36F2N4O4. The molecule has 4 heterocycles. The van der Waals surface area contributed by atoms with Crippen molar-refractivity contribution in [1.29, 1.82) is 0 Å². The number of pyridine rings is 2. The van der Waals surface area contributed by atoms with Crippen molar-refractivity contribution in [3.8, 4) is 22.8 Å². The zero-order chi connectivity index (χ0) is 31.9. The summed E-state index contributed by atoms with van der Waals surface area (Å²) in [5.74, 6) is -0.468. The summed E-state index contributed by atoms with van der Waals surface area (Å²) in [5, 5.41) is 10.4. The number of aliphatic hydroxyl groups is 1. The topological polar surface area (TPSA) is 88.0 Å². The molecule has 0 saturated carbocycles. The Morgan fingerprint density at radius 3 is 2.44 bits per heavy atom. The fourth-order valence-corrected chi connectivity index (χ4v) is 6.24. The Morgan fingerprint density at radius 1 is 1.00 bits per heavy atom. The van der Waals surface area contributed by atoms with E-state index in [2.05, 4.69) is 23.7 Å². The molecule has 234 valence electrons. The lowest BCUT2D eigenvalue weighted by Crippen LogP contribution is -2.48. The Bertz CT molecular complexity index is 1720. The minimum atomic E-state index is -0.727. The zero-order valence-corrected chi connectivity index (χ0v) is 25.8. The number of carbonyl (C=O) groups excluding carboxylic acids is 1. The molecule has 0 radical (unpaired) electrons. The van der Waals surface area contributed by atoms with Gasteiger partial charge in [0.05, 0.1) is 67.8 Å². The molecule has 1 fully saturated rings. The predicted molar refractivity (Wildman–Crippen MR) is 166 cm³/mol. The first kappa shape index (κ1) is 30.5. The van der Waals surface area contributed by atoms with E-state index in [0.717, 1.165) is 17.8 Å². The van der Waals surface area contributed by atoms with Crippen LogP contribution in [-0.4, -0.2) is 59.3 Å². The maximum absolute atomic E-state index is 14.9. The van der Waals surface area contributed by atoms with E-state index < -0.39 is 11.6 Å². The number of carbonyl (C=O) groups is 1. The van der Waals surface area contributed by atoms with Crippen molar-refractivity contribution in [2.45, 2.75) is 45.9 Å². The van der Waals surface area contributed by atoms with Gasteiger partial charge in [0.2, 0.25) is 0 Å². The van der Waals surface area contributed by atoms with Crippen LogP contribution in [0, 0.1) is 17.0 Å². The molecule has 10 heteroatoms. The monoisotopic (exact) mass is 614 g/mol. The SMILES string of the molecule is COc1ccc(CN2Cc3nc(-c4c(F)cccc4F)cc(Cc4ccc(N5CCC(O)C(C)(C)C5)cn4)c3C2=O)c(OC)c1. The summed E-state index contributed by atoms with van der Waals surface area (Å²) in [4.78, 5) is 27.1. The minimum Gasteiger partial charge on any atom is -0.497 e. The number of rotatable bonds is 8. The molecule has 2 aliphatic rings. The summed E-state index contributed by atoms with van der Waals surface area (Å²) in [6, 6.07) is 14.6. The van der Waals surface area contributed by atoms with Gasteiger partial charge in [0.25, 0.3) is 5.91 Å². The zero-order valence-electron chi connectivity index (χ0n) is 25.8. The molecule has 1 saturated heterocycles. The molecular weight excluding hydrogens is 578 g/mol. The maximum atomic E-state index is 14.9. The van der Waals surface area contributed by atoms with Crippen molar-refractivity contribution in [1.82, 2.24) is 14.9 Å². The summed E-state index contributed by atoms with van der Waals surface area (Å²) in [7, 11) is 3.13. The van der Waals surface area contributed by atoms with Crippen LogP contribution in [0.25, 0.3) is 11.3 Å². The van der Waals surface area contributed by atoms with Gasteiger partial charge < -0.3 is 24.4 Å². The van der Waals surface area contributed by atoms with Crippen LogP contribution in [0.15, 0.2) is 60.8 Å². The average Bonchev–Trinajstić information content (AvgIpc) is 3.33. The Hall–Kier alpha value is -4.57. The third-order valence-electron chi connectivity index (χ3n) is 8.81. The Labute approximate surface area is 261 Å². The molecule has 8 nitrogen and oxygen atoms in total. The highest BCUT2D eigenvalue weighted by Gasteiger charge is 2.35. The molecule has 0 bridgehead atoms. The molecule has 2 aromatic carbocycles. The number of nitrogens with zero attached hydrogens (tertiary/aromatic N) is 4. The molecule has 1 unspecified atom stereocenters. The van der Waals surface area contributed by atoms with Crippen molar-refractivity contribution in [2.24, 2.45) is 5.41 Å². The summed E-state index contributed by atoms with van der Waals surface area (Å²) in [5.41, 5.74) is 3.55. The van der Waals surface area contributed by atoms with Crippen LogP contribution in [0.2, 0.25) is 0 Å². The molecule has 45 heavy (non-hydrogen) atoms. The number of hydrogen-bond donors (Lipinski definition) is 1. The van der Waals surface area contributed by atoms with Crippen molar-refractivity contribution >= 4 is 11.6 Å². The van der Waals surface area contributed by atoms with Crippen LogP contribution in [0.1, 0.15) is 53.1 Å². The van der Waals surface area contributed by atoms with Crippen molar-refractivity contribution < 1.29 is 28.2 Å². The number of amides is 1. The Morgan fingerprint density at radius 2 is 1.78 bits per heavy atom. The van der Waals surface area contributed by atoms with Crippen LogP contribution < -0.4 is 14.4 Å². The molecule has 0 spiro atoms. The standard InChI is InChI=1S/C35H36F2N4O4/c1-35(2)20-40(13-12-31(35)42)24-10-9-23(38-17-24)14-22-15-28(33-26(36)6-5-7-27(33)37)39-29-19-41(34(43)32(22)29)18-21-8-11-25(44-3)16-30(21)45-4/h5-11,15-17,31,42H,12-14,18-20H2,1-4H3. The molecule has 4 aromatic rings. The maximum Gasteiger partial charge on any atom is 0.256 e. The number of hydrogen-bond acceptors (Lipinski definition) is 7. The molecule has 1 amide bonds. The number of aromatic nitrogens is 2. The van der Waals surface area contributed by atoms with Gasteiger partial charge in [0, 0.05) is 42.2 Å². The third-order valence-corrected chi connectivity index (χ3v) is 8.81. The van der Waals surface area contributed by atoms with Gasteiger partial charge in [-0.2, -0.15) is 0 Å². The van der Waals surface area contributed by atoms with Crippen molar-refractivity contribution in [3.63, 3.8) is 0 Å². The first-order chi connectivity index (χ1) is 21.6. The number of ether oxygens (including phenoxy) is 2. The van der Waals surface area contributed by atoms with Crippen LogP contribution >= 0.6 is 0 Å². The van der Waals surface area contributed by atoms with Gasteiger partial charge in [-0.25, -0.2) is 13.8 Å². The van der Waals surface area contributed by atoms with E-state index >= 15 is 0 Å². The minimum absolute atomic E-state index is 0.127. The highest BCUT2D eigenvalue weighted by molar-refractivity contribution is 5.99. The number of anilines is 1. The van der Waals surface area contributed by atoms with Crippen LogP contribution in [0.5, 0.6) is 11.5 Å². The van der Waals surface area contributed by atoms with E-state index in [4.69, 9.17) is 14.5 Å². The fraction of sp³-hybridized carbons (Fsp3) is 0.343. The largest absolute Gasteiger partial charge is 0.497 e. The summed E-state index contributed by atoms with van der Waals surface area (Å²) >= 11 is 0. The van der Waals surface area contributed by atoms with Crippen molar-refractivity contribution in [2.75, 3.05) is 32.2 Å². The second-order valence-electron chi connectivity index (χ2n) is 12.3. The van der Waals surface area contributed by atoms with E-state index in [0.29, 0.717) is 47.0 Å². The second-order valence-corrected chi connectivity index (χ2v) is 12.3. The number of piperidine rings is 1. The van der Waals surface area contributed by atoms with E-state index in [1.807, 2.05) is 18.2 Å². The number of aliphatic hydroxyl groups excluding tert-OH is 1. The lowest BCUT2D eigenvalue weighted by molar-refractivity contribution is 0.0336. The average molecular weight is 615 g/mol. The number of fused-ring (bicyclic) bond motifs is 1. The van der Waals surface area contributed by atoms with E-state index in [9.17, 15) is 18.7 Å². The molecule has 0 aliphatic carbocycles. The highest BCUT2D eigenvalue weighted by Crippen LogP contribution is 2.36. The molecule has 1 atom stereocenters. The van der Waals surface area contributed by atoms with Crippen LogP contribution in [0.3, 0.4) is 0 Å². The van der Waals surface area contributed by atoms with E-state index in [1.54, 1.807) is 43.5 Å². The summed E-state index contributed by atoms with van der Waals surface area (Å²) < 4.78 is 40.7. The van der Waals surface area contributed by atoms with Crippen LogP contribution in [0.4, 0.5) is 14.5 Å². The normalized spacial score (nSPS) is 17.4. The number of methoxy groups -OCH3 is 2. The van der Waals surface area contributed by atoms with Crippen LogP contribution in [-0.2, 0) is 19.5 Å². The van der Waals surface area contributed by atoms with E-state index in [-0.39, 0.29) is 48.2 Å². The molecule has 1 N–H and O–H groups in total. The smallest absolute Gasteiger partial charge is 0.256 e. The number of halogens is 2. The van der Waals surface area contributed by atoms with Gasteiger partial charge >= 0.3 is 0 Å². The lowest BCUT2D eigenvalue weighted by atomic mass is 9.81. The lowest BCUT2D eigenvalue weighted by Gasteiger charge is -2.42. The fourth-order valence-electron chi connectivity index (χ4n) is 6.24. The first-order valence-electron chi connectivity index (χ1n) is 14.9. The van der Waals surface area contributed by atoms with E-state index in [1.165, 1.54) is 18.2 Å². The quantitative estimate of drug-likeness (QED) is 0.269. The van der Waals surface area contributed by atoms with Gasteiger partial charge in [-0.3, -0.25) is 9.78 Å². The third kappa shape index (κ3) is 5.94. The molecule has 2 aromatic heterocycles. The second kappa shape index (κ2) is 12.1. The van der Waals surface area contributed by atoms with Crippen molar-refractivity contribution in [3.05, 3.63) is 101 Å². The van der Waals surface area contributed by atoms with Gasteiger partial charge in [0.15, 0.2) is 0 Å². The molecule has 2 aliphatic heterocycles. The number of benzene rings is 2. The summed E-state index contributed by atoms with van der Waals surface area (Å²) in [6.45, 7) is 5.95. The Balaban J connectivity index is 1.33. The molecule has 6 rings (SSSR count). The predicted octanol–water partition coefficient (Wildman–Crippen LogP) is 5.78. The van der Waals surface area contributed by atoms with Gasteiger partial charge in [-0.15, -0.1) is 0 Å². The highest BCUT2D eigenvalue weighted by atomic mass is 19.1. The Kier molecular flexibility index (Phi) is 8.18. The van der Waals surface area contributed by atoms with Gasteiger partial charge in [0.1, 0.15) is 23.1 Å². The first-order valence-corrected chi connectivity index (χ1v) is 14.9.